The Labute approximate surface area is 175 Å². The van der Waals surface area contributed by atoms with Crippen LogP contribution in [-0.4, -0.2) is 17.7 Å². The minimum atomic E-state index is -1.39. The van der Waals surface area contributed by atoms with Crippen molar-refractivity contribution in [3.8, 4) is 17.6 Å². The zero-order valence-corrected chi connectivity index (χ0v) is 17.5. The van der Waals surface area contributed by atoms with Crippen LogP contribution in [0.4, 0.5) is 0 Å². The van der Waals surface area contributed by atoms with Gasteiger partial charge in [0.2, 0.25) is 6.79 Å². The fourth-order valence-corrected chi connectivity index (χ4v) is 3.96. The van der Waals surface area contributed by atoms with Gasteiger partial charge in [-0.2, -0.15) is 5.26 Å². The quantitative estimate of drug-likeness (QED) is 0.437. The Morgan fingerprint density at radius 3 is 2.56 bits per heavy atom. The molecular formula is C20H16INO4S. The highest BCUT2D eigenvalue weighted by atomic mass is 127. The Morgan fingerprint density at radius 2 is 1.89 bits per heavy atom. The molecule has 0 radical (unpaired) electrons. The number of benzene rings is 2. The van der Waals surface area contributed by atoms with E-state index in [0.717, 1.165) is 20.2 Å². The largest absolute Gasteiger partial charge is 0.454 e. The fourth-order valence-electron chi connectivity index (χ4n) is 2.86. The third-order valence-corrected chi connectivity index (χ3v) is 6.07. The van der Waals surface area contributed by atoms with Crippen LogP contribution in [0.15, 0.2) is 47.4 Å². The molecule has 0 bridgehead atoms. The predicted octanol–water partition coefficient (Wildman–Crippen LogP) is 4.47. The van der Waals surface area contributed by atoms with Crippen molar-refractivity contribution in [1.29, 1.82) is 5.26 Å². The number of halogens is 1. The lowest BCUT2D eigenvalue weighted by Gasteiger charge is -2.24. The molecule has 0 aromatic heterocycles. The van der Waals surface area contributed by atoms with E-state index in [2.05, 4.69) is 28.7 Å². The Bertz CT molecular complexity index is 923. The molecule has 1 aliphatic heterocycles. The molecule has 0 saturated carbocycles. The molecule has 0 aliphatic carbocycles. The number of nitriles is 1. The number of carbonyl (C=O) groups excluding carboxylic acids is 2. The highest BCUT2D eigenvalue weighted by molar-refractivity contribution is 14.1. The maximum Gasteiger partial charge on any atom is 0.231 e. The summed E-state index contributed by atoms with van der Waals surface area (Å²) in [7, 11) is 0. The van der Waals surface area contributed by atoms with Gasteiger partial charge >= 0.3 is 0 Å². The molecule has 1 aliphatic rings. The van der Waals surface area contributed by atoms with Crippen molar-refractivity contribution in [2.24, 2.45) is 0 Å². The molecule has 138 valence electrons. The van der Waals surface area contributed by atoms with E-state index in [-0.39, 0.29) is 30.5 Å². The van der Waals surface area contributed by atoms with Crippen molar-refractivity contribution in [3.05, 3.63) is 51.6 Å². The first-order valence-corrected chi connectivity index (χ1v) is 10.1. The zero-order valence-electron chi connectivity index (χ0n) is 14.5. The van der Waals surface area contributed by atoms with Gasteiger partial charge in [0.1, 0.15) is 5.41 Å². The summed E-state index contributed by atoms with van der Waals surface area (Å²) in [4.78, 5) is 25.6. The van der Waals surface area contributed by atoms with Gasteiger partial charge < -0.3 is 9.47 Å². The smallest absolute Gasteiger partial charge is 0.231 e. The van der Waals surface area contributed by atoms with E-state index >= 15 is 0 Å². The average Bonchev–Trinajstić information content (AvgIpc) is 3.12. The van der Waals surface area contributed by atoms with Crippen LogP contribution in [0, 0.1) is 14.9 Å². The van der Waals surface area contributed by atoms with Gasteiger partial charge in [-0.1, -0.05) is 17.8 Å². The number of thioether (sulfide) groups is 1. The maximum absolute atomic E-state index is 12.4. The number of Topliss-reactive ketones (excluding diaryl/α,β-unsaturated/α-hetero) is 1. The van der Waals surface area contributed by atoms with Crippen molar-refractivity contribution >= 4 is 45.3 Å². The van der Waals surface area contributed by atoms with Gasteiger partial charge in [0, 0.05) is 14.9 Å². The van der Waals surface area contributed by atoms with Crippen molar-refractivity contribution in [3.63, 3.8) is 0 Å². The molecule has 27 heavy (non-hydrogen) atoms. The summed E-state index contributed by atoms with van der Waals surface area (Å²) in [5.74, 6) is 0.795. The predicted molar refractivity (Wildman–Crippen MR) is 110 cm³/mol. The van der Waals surface area contributed by atoms with E-state index < -0.39 is 5.41 Å². The lowest BCUT2D eigenvalue weighted by molar-refractivity contribution is -0.121. The molecule has 5 nitrogen and oxygen atoms in total. The van der Waals surface area contributed by atoms with Crippen LogP contribution in [0.1, 0.15) is 25.3 Å². The standard InChI is InChI=1S/C20H16INO4S/c1-13(23)20(11-22,14-2-7-17-18(10-14)26-12-25-17)9-8-19(24)27-16-5-3-15(21)4-6-16/h2-7,10H,8-9,12H2,1H3/t20-/m1/s1. The second-order valence-corrected chi connectivity index (χ2v) is 8.45. The van der Waals surface area contributed by atoms with Crippen LogP contribution in [-0.2, 0) is 15.0 Å². The first-order chi connectivity index (χ1) is 12.9. The molecule has 0 N–H and O–H groups in total. The Morgan fingerprint density at radius 1 is 1.19 bits per heavy atom. The molecule has 0 fully saturated rings. The third-order valence-electron chi connectivity index (χ3n) is 4.41. The van der Waals surface area contributed by atoms with E-state index in [1.807, 2.05) is 24.3 Å². The Balaban J connectivity index is 1.77. The molecule has 2 aromatic carbocycles. The third kappa shape index (κ3) is 4.28. The van der Waals surface area contributed by atoms with Crippen molar-refractivity contribution in [1.82, 2.24) is 0 Å². The van der Waals surface area contributed by atoms with Gasteiger partial charge in [0.25, 0.3) is 0 Å². The molecule has 1 heterocycles. The highest BCUT2D eigenvalue weighted by Gasteiger charge is 2.39. The minimum absolute atomic E-state index is 0.0853. The number of ether oxygens (including phenoxy) is 2. The molecule has 0 unspecified atom stereocenters. The van der Waals surface area contributed by atoms with E-state index in [9.17, 15) is 14.9 Å². The first kappa shape index (κ1) is 19.7. The second-order valence-electron chi connectivity index (χ2n) is 6.07. The summed E-state index contributed by atoms with van der Waals surface area (Å²) in [6, 6.07) is 14.8. The second kappa shape index (κ2) is 8.31. The zero-order chi connectivity index (χ0) is 19.4. The molecular weight excluding hydrogens is 477 g/mol. The summed E-state index contributed by atoms with van der Waals surface area (Å²) < 4.78 is 11.7. The fraction of sp³-hybridized carbons (Fsp3) is 0.250. The summed E-state index contributed by atoms with van der Waals surface area (Å²) >= 11 is 3.32. The van der Waals surface area contributed by atoms with Crippen LogP contribution in [0.3, 0.4) is 0 Å². The molecule has 0 spiro atoms. The van der Waals surface area contributed by atoms with E-state index in [4.69, 9.17) is 9.47 Å². The van der Waals surface area contributed by atoms with E-state index in [1.54, 1.807) is 18.2 Å². The van der Waals surface area contributed by atoms with Gasteiger partial charge in [-0.3, -0.25) is 9.59 Å². The monoisotopic (exact) mass is 493 g/mol. The topological polar surface area (TPSA) is 76.4 Å². The van der Waals surface area contributed by atoms with Crippen molar-refractivity contribution < 1.29 is 19.1 Å². The number of carbonyl (C=O) groups is 2. The first-order valence-electron chi connectivity index (χ1n) is 8.23. The molecule has 1 atom stereocenters. The van der Waals surface area contributed by atoms with Crippen LogP contribution >= 0.6 is 34.4 Å². The number of hydrogen-bond donors (Lipinski definition) is 0. The van der Waals surface area contributed by atoms with Crippen LogP contribution < -0.4 is 9.47 Å². The van der Waals surface area contributed by atoms with Gasteiger partial charge in [-0.05, 0) is 77.9 Å². The Hall–Kier alpha value is -2.05. The number of hydrogen-bond acceptors (Lipinski definition) is 6. The summed E-state index contributed by atoms with van der Waals surface area (Å²) in [5, 5.41) is 9.73. The lowest BCUT2D eigenvalue weighted by atomic mass is 9.75. The molecule has 3 rings (SSSR count). The molecule has 0 saturated heterocycles. The number of rotatable bonds is 6. The normalized spacial score (nSPS) is 14.3. The van der Waals surface area contributed by atoms with Gasteiger partial charge in [0.05, 0.1) is 6.07 Å². The maximum atomic E-state index is 12.4. The van der Waals surface area contributed by atoms with Crippen molar-refractivity contribution in [2.45, 2.75) is 30.1 Å². The van der Waals surface area contributed by atoms with Gasteiger partial charge in [0.15, 0.2) is 22.4 Å². The molecule has 0 amide bonds. The number of ketones is 1. The number of nitrogens with zero attached hydrogens (tertiary/aromatic N) is 1. The Kier molecular flexibility index (Phi) is 6.07. The van der Waals surface area contributed by atoms with E-state index in [0.29, 0.717) is 17.1 Å². The number of fused-ring (bicyclic) bond motifs is 1. The van der Waals surface area contributed by atoms with Crippen LogP contribution in [0.5, 0.6) is 11.5 Å². The van der Waals surface area contributed by atoms with Crippen LogP contribution in [0.25, 0.3) is 0 Å². The lowest BCUT2D eigenvalue weighted by Crippen LogP contribution is -2.33. The van der Waals surface area contributed by atoms with Crippen molar-refractivity contribution in [2.75, 3.05) is 6.79 Å². The van der Waals surface area contributed by atoms with Crippen LogP contribution in [0.2, 0.25) is 0 Å². The highest BCUT2D eigenvalue weighted by Crippen LogP contribution is 2.39. The molecule has 7 heteroatoms. The summed E-state index contributed by atoms with van der Waals surface area (Å²) in [5.41, 5.74) is -0.864. The van der Waals surface area contributed by atoms with Gasteiger partial charge in [-0.25, -0.2) is 0 Å². The summed E-state index contributed by atoms with van der Waals surface area (Å²) in [6.07, 6.45) is 0.229. The van der Waals surface area contributed by atoms with Gasteiger partial charge in [-0.15, -0.1) is 0 Å². The summed E-state index contributed by atoms with van der Waals surface area (Å²) in [6.45, 7) is 1.49. The molecule has 2 aromatic rings. The SMILES string of the molecule is CC(=O)[C@](C#N)(CCC(=O)Sc1ccc(I)cc1)c1ccc2c(c1)OCO2. The average molecular weight is 493 g/mol. The van der Waals surface area contributed by atoms with E-state index in [1.165, 1.54) is 6.92 Å². The minimum Gasteiger partial charge on any atom is -0.454 e.